The van der Waals surface area contributed by atoms with Crippen molar-refractivity contribution >= 4 is 23.1 Å². The molecule has 0 saturated heterocycles. The third kappa shape index (κ3) is 2.97. The number of thiazole rings is 1. The Morgan fingerprint density at radius 2 is 2.08 bits per heavy atom. The van der Waals surface area contributed by atoms with Gasteiger partial charge in [-0.1, -0.05) is 11.8 Å². The summed E-state index contributed by atoms with van der Waals surface area (Å²) in [6, 6.07) is 0. The summed E-state index contributed by atoms with van der Waals surface area (Å²) in [5, 5.41) is 9.09. The van der Waals surface area contributed by atoms with Gasteiger partial charge < -0.3 is 5.11 Å². The minimum Gasteiger partial charge on any atom is -0.395 e. The van der Waals surface area contributed by atoms with Gasteiger partial charge in [-0.3, -0.25) is 0 Å². The summed E-state index contributed by atoms with van der Waals surface area (Å²) < 4.78 is 0.922. The number of aliphatic hydroxyl groups excluding tert-OH is 1. The number of hydrogen-bond donors (Lipinski definition) is 1. The van der Waals surface area contributed by atoms with Gasteiger partial charge in [0.25, 0.3) is 0 Å². The third-order valence-corrected chi connectivity index (χ3v) is 4.07. The fourth-order valence-corrected chi connectivity index (χ4v) is 3.33. The van der Waals surface area contributed by atoms with E-state index in [0.29, 0.717) is 0 Å². The Balaban J connectivity index is 2.75. The maximum Gasteiger partial charge on any atom is 0.150 e. The van der Waals surface area contributed by atoms with Crippen molar-refractivity contribution in [3.8, 4) is 0 Å². The van der Waals surface area contributed by atoms with Crippen LogP contribution in [0.4, 0.5) is 0 Å². The highest BCUT2D eigenvalue weighted by Gasteiger charge is 2.20. The Hall–Kier alpha value is -0.0600. The first-order valence-electron chi connectivity index (χ1n) is 4.18. The molecule has 0 atom stereocenters. The lowest BCUT2D eigenvalue weighted by Gasteiger charge is -2.18. The van der Waals surface area contributed by atoms with Crippen LogP contribution in [0.1, 0.15) is 24.4 Å². The van der Waals surface area contributed by atoms with Crippen LogP contribution in [-0.2, 0) is 0 Å². The summed E-state index contributed by atoms with van der Waals surface area (Å²) >= 11 is 3.34. The van der Waals surface area contributed by atoms with Crippen LogP contribution in [0.25, 0.3) is 0 Å². The van der Waals surface area contributed by atoms with Crippen LogP contribution in [-0.4, -0.2) is 21.4 Å². The van der Waals surface area contributed by atoms with E-state index in [4.69, 9.17) is 5.11 Å². The highest BCUT2D eigenvalue weighted by Crippen LogP contribution is 2.35. The molecule has 74 valence electrons. The van der Waals surface area contributed by atoms with Gasteiger partial charge in [-0.15, -0.1) is 11.3 Å². The number of aliphatic hydroxyl groups is 1. The molecule has 0 saturated carbocycles. The zero-order valence-electron chi connectivity index (χ0n) is 8.42. The smallest absolute Gasteiger partial charge is 0.150 e. The third-order valence-electron chi connectivity index (χ3n) is 1.75. The Kier molecular flexibility index (Phi) is 3.38. The monoisotopic (exact) mass is 217 g/mol. The van der Waals surface area contributed by atoms with E-state index in [1.54, 1.807) is 23.1 Å². The van der Waals surface area contributed by atoms with Gasteiger partial charge in [-0.25, -0.2) is 4.98 Å². The van der Waals surface area contributed by atoms with E-state index in [1.807, 2.05) is 20.8 Å². The van der Waals surface area contributed by atoms with Crippen molar-refractivity contribution in [3.63, 3.8) is 0 Å². The zero-order valence-corrected chi connectivity index (χ0v) is 10.1. The number of rotatable bonds is 3. The molecule has 1 heterocycles. The highest BCUT2D eigenvalue weighted by atomic mass is 32.2. The summed E-state index contributed by atoms with van der Waals surface area (Å²) in [5.41, 5.74) is 1.10. The largest absolute Gasteiger partial charge is 0.395 e. The Morgan fingerprint density at radius 1 is 1.46 bits per heavy atom. The molecule has 0 amide bonds. The molecule has 0 aliphatic heterocycles. The average Bonchev–Trinajstić information content (AvgIpc) is 2.30. The fraction of sp³-hybridized carbons (Fsp3) is 0.667. The Bertz CT molecular complexity index is 274. The summed E-state index contributed by atoms with van der Waals surface area (Å²) in [6.07, 6.45) is 0. The van der Waals surface area contributed by atoms with E-state index in [0.717, 1.165) is 10.0 Å². The minimum absolute atomic E-state index is 0.128. The average molecular weight is 217 g/mol. The summed E-state index contributed by atoms with van der Waals surface area (Å²) in [5.74, 6) is 0. The molecule has 1 aromatic heterocycles. The maximum absolute atomic E-state index is 9.09. The van der Waals surface area contributed by atoms with E-state index < -0.39 is 0 Å². The number of nitrogens with zero attached hydrogens (tertiary/aromatic N) is 1. The molecule has 0 fully saturated rings. The molecule has 4 heteroatoms. The molecule has 0 radical (unpaired) electrons. The van der Waals surface area contributed by atoms with Crippen molar-refractivity contribution in [2.24, 2.45) is 0 Å². The lowest BCUT2D eigenvalue weighted by molar-refractivity contribution is 0.265. The molecular weight excluding hydrogens is 202 g/mol. The zero-order chi connectivity index (χ0) is 10.1. The van der Waals surface area contributed by atoms with Crippen LogP contribution >= 0.6 is 23.1 Å². The number of thioether (sulfide) groups is 1. The molecule has 1 rings (SSSR count). The van der Waals surface area contributed by atoms with Crippen LogP contribution in [0.5, 0.6) is 0 Å². The molecule has 1 N–H and O–H groups in total. The first-order valence-corrected chi connectivity index (χ1v) is 5.82. The first kappa shape index (κ1) is 11.0. The van der Waals surface area contributed by atoms with Gasteiger partial charge in [-0.05, 0) is 27.7 Å². The highest BCUT2D eigenvalue weighted by molar-refractivity contribution is 8.02. The maximum atomic E-state index is 9.09. The fourth-order valence-electron chi connectivity index (χ4n) is 0.756. The van der Waals surface area contributed by atoms with Crippen molar-refractivity contribution < 1.29 is 5.11 Å². The molecule has 0 unspecified atom stereocenters. The lowest BCUT2D eigenvalue weighted by Crippen LogP contribution is -2.19. The molecule has 0 aliphatic rings. The van der Waals surface area contributed by atoms with Gasteiger partial charge in [0.15, 0.2) is 4.34 Å². The first-order chi connectivity index (χ1) is 5.94. The van der Waals surface area contributed by atoms with E-state index in [9.17, 15) is 0 Å². The topological polar surface area (TPSA) is 33.1 Å². The van der Waals surface area contributed by atoms with Crippen molar-refractivity contribution in [2.45, 2.75) is 36.8 Å². The van der Waals surface area contributed by atoms with Crippen LogP contribution in [0.3, 0.4) is 0 Å². The standard InChI is InChI=1S/C9H15NOS2/c1-6-7(2)12-8(10-6)13-9(3,4)5-11/h11H,5H2,1-4H3. The number of aromatic nitrogens is 1. The van der Waals surface area contributed by atoms with Crippen LogP contribution in [0, 0.1) is 13.8 Å². The van der Waals surface area contributed by atoms with Gasteiger partial charge in [-0.2, -0.15) is 0 Å². The van der Waals surface area contributed by atoms with Crippen LogP contribution in [0.2, 0.25) is 0 Å². The Labute approximate surface area is 87.4 Å². The van der Waals surface area contributed by atoms with Gasteiger partial charge in [0, 0.05) is 9.62 Å². The predicted molar refractivity (Wildman–Crippen MR) is 58.6 cm³/mol. The van der Waals surface area contributed by atoms with Crippen molar-refractivity contribution in [2.75, 3.05) is 6.61 Å². The Morgan fingerprint density at radius 3 is 2.46 bits per heavy atom. The second-order valence-corrected chi connectivity index (χ2v) is 6.80. The van der Waals surface area contributed by atoms with Crippen molar-refractivity contribution in [1.82, 2.24) is 4.98 Å². The normalized spacial score (nSPS) is 12.1. The van der Waals surface area contributed by atoms with E-state index in [1.165, 1.54) is 4.88 Å². The second kappa shape index (κ2) is 3.98. The van der Waals surface area contributed by atoms with E-state index in [-0.39, 0.29) is 11.4 Å². The molecule has 0 bridgehead atoms. The van der Waals surface area contributed by atoms with Crippen molar-refractivity contribution in [1.29, 1.82) is 0 Å². The SMILES string of the molecule is Cc1nc(SC(C)(C)CO)sc1C. The molecule has 2 nitrogen and oxygen atoms in total. The lowest BCUT2D eigenvalue weighted by atomic mass is 10.2. The molecular formula is C9H15NOS2. The summed E-state index contributed by atoms with van der Waals surface area (Å²) in [6.45, 7) is 8.30. The van der Waals surface area contributed by atoms with E-state index >= 15 is 0 Å². The molecule has 0 aliphatic carbocycles. The van der Waals surface area contributed by atoms with Gasteiger partial charge in [0.05, 0.1) is 12.3 Å². The molecule has 1 aromatic rings. The minimum atomic E-state index is -0.128. The second-order valence-electron chi connectivity index (χ2n) is 3.64. The predicted octanol–water partition coefficient (Wildman–Crippen LogP) is 2.62. The van der Waals surface area contributed by atoms with Crippen LogP contribution in [0.15, 0.2) is 4.34 Å². The molecule has 13 heavy (non-hydrogen) atoms. The number of hydrogen-bond acceptors (Lipinski definition) is 4. The van der Waals surface area contributed by atoms with Gasteiger partial charge in [0.2, 0.25) is 0 Å². The summed E-state index contributed by atoms with van der Waals surface area (Å²) in [7, 11) is 0. The quantitative estimate of drug-likeness (QED) is 0.790. The summed E-state index contributed by atoms with van der Waals surface area (Å²) in [4.78, 5) is 5.67. The number of aryl methyl sites for hydroxylation is 2. The van der Waals surface area contributed by atoms with Crippen molar-refractivity contribution in [3.05, 3.63) is 10.6 Å². The van der Waals surface area contributed by atoms with Gasteiger partial charge >= 0.3 is 0 Å². The molecule has 0 aromatic carbocycles. The van der Waals surface area contributed by atoms with Crippen LogP contribution < -0.4 is 0 Å². The van der Waals surface area contributed by atoms with E-state index in [2.05, 4.69) is 11.9 Å². The van der Waals surface area contributed by atoms with Gasteiger partial charge in [0.1, 0.15) is 0 Å². The molecule has 0 spiro atoms.